The molecule has 2 heterocycles. The van der Waals surface area contributed by atoms with Gasteiger partial charge in [0.2, 0.25) is 0 Å². The van der Waals surface area contributed by atoms with Crippen LogP contribution in [0.2, 0.25) is 0 Å². The van der Waals surface area contributed by atoms with Crippen LogP contribution in [-0.4, -0.2) is 29.4 Å². The molecule has 0 aliphatic heterocycles. The minimum Gasteiger partial charge on any atom is -0.390 e. The van der Waals surface area contributed by atoms with Gasteiger partial charge in [-0.15, -0.1) is 0 Å². The lowest BCUT2D eigenvalue weighted by atomic mass is 9.80. The van der Waals surface area contributed by atoms with Crippen molar-refractivity contribution in [1.82, 2.24) is 18.7 Å². The summed E-state index contributed by atoms with van der Waals surface area (Å²) in [4.78, 5) is 29.2. The third-order valence-corrected chi connectivity index (χ3v) is 4.82. The summed E-state index contributed by atoms with van der Waals surface area (Å²) in [5, 5.41) is 10.0. The molecule has 120 valence electrons. The molecule has 1 aliphatic rings. The number of fused-ring (bicyclic) bond motifs is 1. The zero-order valence-corrected chi connectivity index (χ0v) is 13.2. The van der Waals surface area contributed by atoms with Gasteiger partial charge in [0.1, 0.15) is 0 Å². The largest absolute Gasteiger partial charge is 0.390 e. The number of rotatable bonds is 2. The van der Waals surface area contributed by atoms with Crippen LogP contribution in [0.1, 0.15) is 32.6 Å². The molecule has 1 saturated carbocycles. The van der Waals surface area contributed by atoms with E-state index in [4.69, 9.17) is 0 Å². The van der Waals surface area contributed by atoms with Crippen LogP contribution in [0.3, 0.4) is 0 Å². The van der Waals surface area contributed by atoms with Gasteiger partial charge in [-0.2, -0.15) is 0 Å². The van der Waals surface area contributed by atoms with Gasteiger partial charge in [-0.3, -0.25) is 13.9 Å². The van der Waals surface area contributed by atoms with E-state index in [1.807, 2.05) is 6.92 Å². The van der Waals surface area contributed by atoms with Crippen molar-refractivity contribution < 1.29 is 5.11 Å². The maximum Gasteiger partial charge on any atom is 0.332 e. The van der Waals surface area contributed by atoms with Crippen LogP contribution in [0, 0.1) is 5.92 Å². The Balaban J connectivity index is 2.00. The second kappa shape index (κ2) is 5.08. The van der Waals surface area contributed by atoms with Crippen LogP contribution in [0.15, 0.2) is 15.9 Å². The van der Waals surface area contributed by atoms with E-state index in [0.717, 1.165) is 12.8 Å². The SMILES string of the molecule is Cn1cnc2c1c(=O)n(C[C@H]1CC[C@@](C)(O)CC1)c(=O)n2C. The highest BCUT2D eigenvalue weighted by Crippen LogP contribution is 2.32. The van der Waals surface area contributed by atoms with Crippen molar-refractivity contribution in [3.8, 4) is 0 Å². The highest BCUT2D eigenvalue weighted by atomic mass is 16.3. The van der Waals surface area contributed by atoms with Crippen molar-refractivity contribution in [2.45, 2.75) is 44.8 Å². The van der Waals surface area contributed by atoms with Gasteiger partial charge in [0.25, 0.3) is 5.56 Å². The number of nitrogens with zero attached hydrogens (tertiary/aromatic N) is 4. The lowest BCUT2D eigenvalue weighted by Gasteiger charge is -2.33. The lowest BCUT2D eigenvalue weighted by Crippen LogP contribution is -2.42. The Bertz CT molecular complexity index is 818. The monoisotopic (exact) mass is 306 g/mol. The molecule has 1 fully saturated rings. The second-order valence-electron chi connectivity index (χ2n) is 6.73. The highest BCUT2D eigenvalue weighted by molar-refractivity contribution is 5.69. The topological polar surface area (TPSA) is 82.1 Å². The second-order valence-corrected chi connectivity index (χ2v) is 6.73. The molecule has 3 rings (SSSR count). The fourth-order valence-corrected chi connectivity index (χ4v) is 3.30. The summed E-state index contributed by atoms with van der Waals surface area (Å²) in [5.74, 6) is 0.247. The molecule has 1 aliphatic carbocycles. The van der Waals surface area contributed by atoms with Crippen molar-refractivity contribution in [1.29, 1.82) is 0 Å². The number of aryl methyl sites for hydroxylation is 2. The first-order valence-electron chi connectivity index (χ1n) is 7.63. The van der Waals surface area contributed by atoms with Gasteiger partial charge in [0, 0.05) is 20.6 Å². The summed E-state index contributed by atoms with van der Waals surface area (Å²) in [6.45, 7) is 2.25. The van der Waals surface area contributed by atoms with Crippen molar-refractivity contribution >= 4 is 11.2 Å². The molecule has 2 aromatic heterocycles. The first-order chi connectivity index (χ1) is 10.3. The maximum absolute atomic E-state index is 12.6. The van der Waals surface area contributed by atoms with E-state index < -0.39 is 5.60 Å². The van der Waals surface area contributed by atoms with E-state index in [1.54, 1.807) is 25.0 Å². The number of hydrogen-bond donors (Lipinski definition) is 1. The minimum atomic E-state index is -0.613. The van der Waals surface area contributed by atoms with E-state index in [2.05, 4.69) is 4.98 Å². The summed E-state index contributed by atoms with van der Waals surface area (Å²) in [7, 11) is 3.39. The summed E-state index contributed by atoms with van der Waals surface area (Å²) in [6.07, 6.45) is 4.62. The fourth-order valence-electron chi connectivity index (χ4n) is 3.30. The molecular weight excluding hydrogens is 284 g/mol. The molecule has 0 spiro atoms. The van der Waals surface area contributed by atoms with Gasteiger partial charge in [0.15, 0.2) is 11.2 Å². The lowest BCUT2D eigenvalue weighted by molar-refractivity contribution is 0.00550. The van der Waals surface area contributed by atoms with E-state index in [1.165, 1.54) is 9.13 Å². The summed E-state index contributed by atoms with van der Waals surface area (Å²) >= 11 is 0. The molecule has 0 amide bonds. The van der Waals surface area contributed by atoms with Crippen LogP contribution in [0.25, 0.3) is 11.2 Å². The molecule has 22 heavy (non-hydrogen) atoms. The predicted molar refractivity (Wildman–Crippen MR) is 82.8 cm³/mol. The standard InChI is InChI=1S/C15H22N4O3/c1-15(22)6-4-10(5-7-15)8-19-13(20)11-12(16-9-17(11)2)18(3)14(19)21/h9-10,22H,4-8H2,1-3H3/t10-,15+. The van der Waals surface area contributed by atoms with Crippen molar-refractivity contribution in [3.63, 3.8) is 0 Å². The Morgan fingerprint density at radius 2 is 1.95 bits per heavy atom. The average Bonchev–Trinajstić information content (AvgIpc) is 2.85. The van der Waals surface area contributed by atoms with Crippen molar-refractivity contribution in [2.75, 3.05) is 0 Å². The quantitative estimate of drug-likeness (QED) is 0.869. The Morgan fingerprint density at radius 3 is 2.59 bits per heavy atom. The fraction of sp³-hybridized carbons (Fsp3) is 0.667. The molecule has 2 aromatic rings. The van der Waals surface area contributed by atoms with Gasteiger partial charge >= 0.3 is 5.69 Å². The van der Waals surface area contributed by atoms with Gasteiger partial charge in [-0.1, -0.05) is 0 Å². The molecule has 0 aromatic carbocycles. The van der Waals surface area contributed by atoms with E-state index in [9.17, 15) is 14.7 Å². The van der Waals surface area contributed by atoms with E-state index in [0.29, 0.717) is 30.6 Å². The Morgan fingerprint density at radius 1 is 1.32 bits per heavy atom. The molecular formula is C15H22N4O3. The van der Waals surface area contributed by atoms with Crippen LogP contribution in [-0.2, 0) is 20.6 Å². The third kappa shape index (κ3) is 2.39. The highest BCUT2D eigenvalue weighted by Gasteiger charge is 2.29. The van der Waals surface area contributed by atoms with Crippen LogP contribution >= 0.6 is 0 Å². The van der Waals surface area contributed by atoms with Gasteiger partial charge in [-0.25, -0.2) is 9.78 Å². The Kier molecular flexibility index (Phi) is 3.47. The molecule has 0 radical (unpaired) electrons. The Labute approximate surface area is 127 Å². The van der Waals surface area contributed by atoms with Gasteiger partial charge in [-0.05, 0) is 38.5 Å². The summed E-state index contributed by atoms with van der Waals surface area (Å²) in [5.41, 5.74) is -0.354. The van der Waals surface area contributed by atoms with Crippen LogP contribution in [0.5, 0.6) is 0 Å². The predicted octanol–water partition coefficient (Wildman–Crippen LogP) is 0.375. The molecule has 0 atom stereocenters. The zero-order valence-electron chi connectivity index (χ0n) is 13.2. The summed E-state index contributed by atoms with van der Waals surface area (Å²) < 4.78 is 4.39. The molecule has 0 unspecified atom stereocenters. The first-order valence-corrected chi connectivity index (χ1v) is 7.63. The van der Waals surface area contributed by atoms with Gasteiger partial charge < -0.3 is 9.67 Å². The third-order valence-electron chi connectivity index (χ3n) is 4.82. The van der Waals surface area contributed by atoms with Crippen LogP contribution < -0.4 is 11.2 Å². The molecule has 0 saturated heterocycles. The van der Waals surface area contributed by atoms with Gasteiger partial charge in [0.05, 0.1) is 11.9 Å². The molecule has 7 nitrogen and oxygen atoms in total. The maximum atomic E-state index is 12.6. The smallest absolute Gasteiger partial charge is 0.332 e. The number of hydrogen-bond acceptors (Lipinski definition) is 4. The zero-order chi connectivity index (χ0) is 16.1. The van der Waals surface area contributed by atoms with Crippen molar-refractivity contribution in [3.05, 3.63) is 27.2 Å². The summed E-state index contributed by atoms with van der Waals surface area (Å²) in [6, 6.07) is 0. The normalized spacial score (nSPS) is 25.7. The average molecular weight is 306 g/mol. The number of aliphatic hydroxyl groups is 1. The Hall–Kier alpha value is -1.89. The molecule has 0 bridgehead atoms. The molecule has 1 N–H and O–H groups in total. The number of aromatic nitrogens is 4. The van der Waals surface area contributed by atoms with Crippen LogP contribution in [0.4, 0.5) is 0 Å². The van der Waals surface area contributed by atoms with Crippen molar-refractivity contribution in [2.24, 2.45) is 20.0 Å². The molecule has 7 heteroatoms. The number of imidazole rings is 1. The van der Waals surface area contributed by atoms with E-state index in [-0.39, 0.29) is 17.2 Å². The van der Waals surface area contributed by atoms with E-state index >= 15 is 0 Å². The first kappa shape index (κ1) is 15.0. The minimum absolute atomic E-state index is 0.247.